The van der Waals surface area contributed by atoms with Crippen LogP contribution in [0.3, 0.4) is 0 Å². The molecule has 0 aliphatic heterocycles. The van der Waals surface area contributed by atoms with Crippen molar-refractivity contribution < 1.29 is 27.1 Å². The number of carbonyl (C=O) groups excluding carboxylic acids is 1. The van der Waals surface area contributed by atoms with Crippen LogP contribution in [0.25, 0.3) is 10.9 Å². The zero-order chi connectivity index (χ0) is 19.8. The number of nitrogens with zero attached hydrogens (tertiary/aromatic N) is 2. The first-order valence-electron chi connectivity index (χ1n) is 7.57. The fraction of sp³-hybridized carbons (Fsp3) is 0.118. The van der Waals surface area contributed by atoms with Crippen LogP contribution in [-0.4, -0.2) is 35.7 Å². The Morgan fingerprint density at radius 2 is 1.89 bits per heavy atom. The van der Waals surface area contributed by atoms with E-state index < -0.39 is 43.8 Å². The summed E-state index contributed by atoms with van der Waals surface area (Å²) in [6.45, 7) is -0.261. The molecule has 27 heavy (non-hydrogen) atoms. The molecule has 0 fully saturated rings. The number of halogens is 2. The Kier molecular flexibility index (Phi) is 4.75. The number of rotatable bonds is 4. The third kappa shape index (κ3) is 3.85. The van der Waals surface area contributed by atoms with Crippen LogP contribution >= 0.6 is 0 Å². The van der Waals surface area contributed by atoms with Crippen molar-refractivity contribution >= 4 is 26.6 Å². The average Bonchev–Trinajstić information content (AvgIpc) is 2.58. The first kappa shape index (κ1) is 18.6. The van der Waals surface area contributed by atoms with Gasteiger partial charge in [0.25, 0.3) is 5.91 Å². The number of hydrogen-bond donors (Lipinski definition) is 2. The molecule has 0 spiro atoms. The predicted molar refractivity (Wildman–Crippen MR) is 91.8 cm³/mol. The van der Waals surface area contributed by atoms with Crippen LogP contribution < -0.4 is 5.32 Å². The summed E-state index contributed by atoms with van der Waals surface area (Å²) in [5.74, 6) is -3.14. The van der Waals surface area contributed by atoms with Gasteiger partial charge in [-0.15, -0.1) is 0 Å². The molecule has 0 radical (unpaired) electrons. The highest BCUT2D eigenvalue weighted by Crippen LogP contribution is 2.30. The molecule has 3 aromatic rings. The second-order valence-corrected chi connectivity index (χ2v) is 7.68. The van der Waals surface area contributed by atoms with Gasteiger partial charge in [0.05, 0.1) is 0 Å². The van der Waals surface area contributed by atoms with Crippen LogP contribution in [0.5, 0.6) is 5.75 Å². The fourth-order valence-electron chi connectivity index (χ4n) is 2.51. The van der Waals surface area contributed by atoms with Crippen molar-refractivity contribution in [1.29, 1.82) is 0 Å². The summed E-state index contributed by atoms with van der Waals surface area (Å²) in [6.07, 6.45) is 2.24. The number of nitrogens with one attached hydrogen (secondary N) is 1. The van der Waals surface area contributed by atoms with Gasteiger partial charge in [-0.1, -0.05) is 0 Å². The highest BCUT2D eigenvalue weighted by atomic mass is 32.2. The lowest BCUT2D eigenvalue weighted by molar-refractivity contribution is 0.0942. The number of aromatic hydroxyl groups is 1. The zero-order valence-corrected chi connectivity index (χ0v) is 14.7. The number of hydrogen-bond acceptors (Lipinski definition) is 6. The maximum absolute atomic E-state index is 13.2. The van der Waals surface area contributed by atoms with Gasteiger partial charge in [-0.3, -0.25) is 9.78 Å². The zero-order valence-electron chi connectivity index (χ0n) is 13.9. The van der Waals surface area contributed by atoms with E-state index in [-0.39, 0.29) is 23.0 Å². The lowest BCUT2D eigenvalue weighted by atomic mass is 10.2. The van der Waals surface area contributed by atoms with Gasteiger partial charge in [0, 0.05) is 30.4 Å². The summed E-state index contributed by atoms with van der Waals surface area (Å²) in [6, 6.07) is 5.62. The molecule has 0 aliphatic rings. The van der Waals surface area contributed by atoms with Crippen molar-refractivity contribution in [3.8, 4) is 5.75 Å². The van der Waals surface area contributed by atoms with E-state index in [0.29, 0.717) is 6.07 Å². The van der Waals surface area contributed by atoms with E-state index in [0.717, 1.165) is 18.4 Å². The summed E-state index contributed by atoms with van der Waals surface area (Å²) >= 11 is 0. The van der Waals surface area contributed by atoms with Gasteiger partial charge < -0.3 is 10.4 Å². The first-order chi connectivity index (χ1) is 12.7. The average molecular weight is 393 g/mol. The molecular weight excluding hydrogens is 380 g/mol. The minimum absolute atomic E-state index is 0.0706. The summed E-state index contributed by atoms with van der Waals surface area (Å²) in [7, 11) is -3.82. The Bertz CT molecular complexity index is 1150. The van der Waals surface area contributed by atoms with Gasteiger partial charge >= 0.3 is 0 Å². The molecule has 0 saturated carbocycles. The van der Waals surface area contributed by atoms with Crippen molar-refractivity contribution in [2.24, 2.45) is 0 Å². The molecule has 1 aromatic carbocycles. The van der Waals surface area contributed by atoms with Crippen molar-refractivity contribution in [1.82, 2.24) is 15.3 Å². The molecule has 0 saturated heterocycles. The third-order valence-electron chi connectivity index (χ3n) is 3.64. The molecule has 7 nitrogen and oxygen atoms in total. The van der Waals surface area contributed by atoms with E-state index in [1.54, 1.807) is 0 Å². The smallest absolute Gasteiger partial charge is 0.274 e. The highest BCUT2D eigenvalue weighted by molar-refractivity contribution is 7.90. The monoisotopic (exact) mass is 393 g/mol. The lowest BCUT2D eigenvalue weighted by Crippen LogP contribution is -2.25. The maximum atomic E-state index is 13.2. The van der Waals surface area contributed by atoms with E-state index in [2.05, 4.69) is 15.3 Å². The lowest BCUT2D eigenvalue weighted by Gasteiger charge is -2.11. The van der Waals surface area contributed by atoms with Gasteiger partial charge in [-0.25, -0.2) is 22.2 Å². The van der Waals surface area contributed by atoms with Crippen molar-refractivity contribution in [2.45, 2.75) is 11.6 Å². The maximum Gasteiger partial charge on any atom is 0.274 e. The van der Waals surface area contributed by atoms with Gasteiger partial charge in [0.2, 0.25) is 0 Å². The largest absolute Gasteiger partial charge is 0.504 e. The third-order valence-corrected chi connectivity index (χ3v) is 4.66. The van der Waals surface area contributed by atoms with E-state index in [4.69, 9.17) is 0 Å². The second kappa shape index (κ2) is 6.88. The second-order valence-electron chi connectivity index (χ2n) is 5.75. The van der Waals surface area contributed by atoms with Crippen molar-refractivity contribution in [2.75, 3.05) is 6.26 Å². The van der Waals surface area contributed by atoms with Crippen LogP contribution in [0.1, 0.15) is 16.1 Å². The van der Waals surface area contributed by atoms with E-state index in [9.17, 15) is 27.1 Å². The molecule has 10 heteroatoms. The molecule has 0 unspecified atom stereocenters. The number of amides is 1. The van der Waals surface area contributed by atoms with Crippen LogP contribution in [-0.2, 0) is 16.4 Å². The molecule has 2 N–H and O–H groups in total. The van der Waals surface area contributed by atoms with Gasteiger partial charge in [-0.2, -0.15) is 0 Å². The number of carbonyl (C=O) groups is 1. The fourth-order valence-corrected chi connectivity index (χ4v) is 3.33. The first-order valence-corrected chi connectivity index (χ1v) is 9.47. The molecule has 2 heterocycles. The number of fused-ring (bicyclic) bond motifs is 1. The number of pyridine rings is 2. The molecular formula is C17H13F2N3O4S. The summed E-state index contributed by atoms with van der Waals surface area (Å²) < 4.78 is 50.4. The summed E-state index contributed by atoms with van der Waals surface area (Å²) in [5.41, 5.74) is -0.518. The Hall–Kier alpha value is -3.14. The standard InChI is InChI=1S/C17H13F2N3O4S/c1-27(25,26)17-12-3-2-4-20-13(12)15(23)14(22-17)16(24)21-8-9-5-10(18)7-11(19)6-9/h2-7,23H,8H2,1H3,(H,21,24). The normalized spacial score (nSPS) is 11.5. The van der Waals surface area contributed by atoms with Crippen LogP contribution in [0.4, 0.5) is 8.78 Å². The Morgan fingerprint density at radius 3 is 2.52 bits per heavy atom. The van der Waals surface area contributed by atoms with Crippen LogP contribution in [0, 0.1) is 11.6 Å². The molecule has 1 amide bonds. The van der Waals surface area contributed by atoms with Gasteiger partial charge in [0.1, 0.15) is 17.2 Å². The quantitative estimate of drug-likeness (QED) is 0.701. The molecule has 2 aromatic heterocycles. The van der Waals surface area contributed by atoms with Crippen molar-refractivity contribution in [3.05, 3.63) is 59.4 Å². The Labute approximate surface area is 152 Å². The Balaban J connectivity index is 2.00. The minimum atomic E-state index is -3.82. The van der Waals surface area contributed by atoms with Crippen LogP contribution in [0.15, 0.2) is 41.6 Å². The predicted octanol–water partition coefficient (Wildman–Crippen LogP) is 1.95. The molecule has 3 rings (SSSR count). The number of aromatic nitrogens is 2. The number of benzene rings is 1. The minimum Gasteiger partial charge on any atom is -0.504 e. The van der Waals surface area contributed by atoms with Crippen LogP contribution in [0.2, 0.25) is 0 Å². The van der Waals surface area contributed by atoms with E-state index in [1.807, 2.05) is 0 Å². The molecule has 0 atom stereocenters. The molecule has 0 bridgehead atoms. The van der Waals surface area contributed by atoms with Gasteiger partial charge in [0.15, 0.2) is 26.3 Å². The van der Waals surface area contributed by atoms with E-state index >= 15 is 0 Å². The summed E-state index contributed by atoms with van der Waals surface area (Å²) in [5, 5.41) is 12.3. The number of sulfone groups is 1. The molecule has 0 aliphatic carbocycles. The Morgan fingerprint density at radius 1 is 1.22 bits per heavy atom. The van der Waals surface area contributed by atoms with Gasteiger partial charge in [-0.05, 0) is 29.8 Å². The van der Waals surface area contributed by atoms with Crippen molar-refractivity contribution in [3.63, 3.8) is 0 Å². The summed E-state index contributed by atoms with van der Waals surface area (Å²) in [4.78, 5) is 20.1. The van der Waals surface area contributed by atoms with E-state index in [1.165, 1.54) is 18.3 Å². The SMILES string of the molecule is CS(=O)(=O)c1nc(C(=O)NCc2cc(F)cc(F)c2)c(O)c2ncccc12. The highest BCUT2D eigenvalue weighted by Gasteiger charge is 2.24. The topological polar surface area (TPSA) is 109 Å². The molecule has 140 valence electrons.